The largest absolute Gasteiger partial charge is 0.420 e. The minimum Gasteiger partial charge on any atom is -0.420 e. The number of nitrogens with one attached hydrogen (secondary N) is 1. The highest BCUT2D eigenvalue weighted by Crippen LogP contribution is 2.30. The molecule has 0 aliphatic rings. The third-order valence-corrected chi connectivity index (χ3v) is 6.07. The Labute approximate surface area is 172 Å². The van der Waals surface area contributed by atoms with Gasteiger partial charge in [-0.2, -0.15) is 0 Å². The van der Waals surface area contributed by atoms with E-state index in [0.717, 1.165) is 25.2 Å². The molecule has 4 rings (SSSR count). The second kappa shape index (κ2) is 8.20. The molecule has 0 aliphatic carbocycles. The van der Waals surface area contributed by atoms with Gasteiger partial charge in [0.25, 0.3) is 0 Å². The van der Waals surface area contributed by atoms with Crippen molar-refractivity contribution in [2.45, 2.75) is 17.0 Å². The number of anilines is 2. The highest BCUT2D eigenvalue weighted by Gasteiger charge is 2.11. The fourth-order valence-electron chi connectivity index (χ4n) is 2.22. The Bertz CT molecular complexity index is 1030. The molecule has 0 fully saturated rings. The van der Waals surface area contributed by atoms with Gasteiger partial charge in [-0.05, 0) is 43.3 Å². The molecule has 0 spiro atoms. The Morgan fingerprint density at radius 1 is 1.00 bits per heavy atom. The molecule has 4 aromatic rings. The average Bonchev–Trinajstić information content (AvgIpc) is 3.32. The van der Waals surface area contributed by atoms with Crippen molar-refractivity contribution in [1.29, 1.82) is 0 Å². The predicted molar refractivity (Wildman–Crippen MR) is 111 cm³/mol. The summed E-state index contributed by atoms with van der Waals surface area (Å²) in [6.45, 7) is 2.06. The second-order valence-corrected chi connectivity index (χ2v) is 8.78. The first kappa shape index (κ1) is 18.1. The van der Waals surface area contributed by atoms with Gasteiger partial charge in [0.2, 0.25) is 16.9 Å². The Balaban J connectivity index is 1.36. The van der Waals surface area contributed by atoms with Crippen LogP contribution in [0.5, 0.6) is 0 Å². The number of halogens is 1. The van der Waals surface area contributed by atoms with Gasteiger partial charge < -0.3 is 9.73 Å². The molecule has 6 nitrogen and oxygen atoms in total. The van der Waals surface area contributed by atoms with E-state index in [1.807, 2.05) is 36.4 Å². The van der Waals surface area contributed by atoms with Gasteiger partial charge in [-0.15, -0.1) is 20.4 Å². The topological polar surface area (TPSA) is 76.7 Å². The third-order valence-electron chi connectivity index (χ3n) is 3.59. The maximum Gasteiger partial charge on any atom is 0.247 e. The lowest BCUT2D eigenvalue weighted by molar-refractivity contribution is 0.528. The van der Waals surface area contributed by atoms with Crippen molar-refractivity contribution in [3.63, 3.8) is 0 Å². The molecule has 1 N–H and O–H groups in total. The molecule has 2 aromatic heterocycles. The molecule has 2 heterocycles. The van der Waals surface area contributed by atoms with Crippen LogP contribution in [0, 0.1) is 6.92 Å². The molecule has 0 saturated carbocycles. The van der Waals surface area contributed by atoms with Crippen LogP contribution in [0.15, 0.2) is 61.8 Å². The molecular weight excluding hydrogens is 446 g/mol. The average molecular weight is 460 g/mol. The molecule has 0 saturated heterocycles. The summed E-state index contributed by atoms with van der Waals surface area (Å²) < 4.78 is 7.58. The fourth-order valence-corrected chi connectivity index (χ4v) is 4.10. The zero-order chi connectivity index (χ0) is 18.6. The summed E-state index contributed by atoms with van der Waals surface area (Å²) >= 11 is 6.42. The van der Waals surface area contributed by atoms with Crippen LogP contribution in [0.25, 0.3) is 11.5 Å². The van der Waals surface area contributed by atoms with Crippen molar-refractivity contribution in [2.24, 2.45) is 0 Å². The highest BCUT2D eigenvalue weighted by molar-refractivity contribution is 9.10. The summed E-state index contributed by atoms with van der Waals surface area (Å²) in [5.74, 6) is 1.61. The lowest BCUT2D eigenvalue weighted by Crippen LogP contribution is -1.88. The van der Waals surface area contributed by atoms with Gasteiger partial charge in [0.05, 0.1) is 5.75 Å². The minimum absolute atomic E-state index is 0.511. The molecule has 0 aliphatic heterocycles. The molecule has 136 valence electrons. The zero-order valence-electron chi connectivity index (χ0n) is 14.2. The maximum atomic E-state index is 5.73. The monoisotopic (exact) mass is 459 g/mol. The van der Waals surface area contributed by atoms with Crippen LogP contribution in [-0.2, 0) is 5.75 Å². The number of hydrogen-bond acceptors (Lipinski definition) is 8. The third kappa shape index (κ3) is 4.74. The van der Waals surface area contributed by atoms with E-state index < -0.39 is 0 Å². The van der Waals surface area contributed by atoms with E-state index in [1.54, 1.807) is 0 Å². The SMILES string of the molecule is Cc1ccc(Nc2nnc(SCc3nnc(-c4ccc(Br)cc4)o3)s2)cc1. The second-order valence-electron chi connectivity index (χ2n) is 5.66. The van der Waals surface area contributed by atoms with E-state index in [9.17, 15) is 0 Å². The number of rotatable bonds is 6. The first-order valence-corrected chi connectivity index (χ1v) is 10.6. The summed E-state index contributed by atoms with van der Waals surface area (Å²) in [6, 6.07) is 15.9. The Morgan fingerprint density at radius 3 is 2.56 bits per heavy atom. The van der Waals surface area contributed by atoms with E-state index in [2.05, 4.69) is 60.7 Å². The van der Waals surface area contributed by atoms with Gasteiger partial charge in [-0.1, -0.05) is 56.7 Å². The van der Waals surface area contributed by atoms with E-state index >= 15 is 0 Å². The predicted octanol–water partition coefficient (Wildman–Crippen LogP) is 5.69. The molecule has 0 bridgehead atoms. The van der Waals surface area contributed by atoms with Crippen molar-refractivity contribution in [3.05, 3.63) is 64.5 Å². The maximum absolute atomic E-state index is 5.73. The highest BCUT2D eigenvalue weighted by atomic mass is 79.9. The van der Waals surface area contributed by atoms with E-state index in [0.29, 0.717) is 17.5 Å². The number of aryl methyl sites for hydroxylation is 1. The summed E-state index contributed by atoms with van der Waals surface area (Å²) in [6.07, 6.45) is 0. The first-order chi connectivity index (χ1) is 13.2. The zero-order valence-corrected chi connectivity index (χ0v) is 17.4. The standard InChI is InChI=1S/C18H14BrN5OS2/c1-11-2-8-14(9-3-11)20-17-23-24-18(27-17)26-10-15-21-22-16(25-15)12-4-6-13(19)7-5-12/h2-9H,10H2,1H3,(H,20,23). The van der Waals surface area contributed by atoms with Gasteiger partial charge in [0.15, 0.2) is 4.34 Å². The Kier molecular flexibility index (Phi) is 5.51. The number of thioether (sulfide) groups is 1. The van der Waals surface area contributed by atoms with Crippen LogP contribution in [0.1, 0.15) is 11.5 Å². The van der Waals surface area contributed by atoms with Crippen molar-refractivity contribution in [3.8, 4) is 11.5 Å². The van der Waals surface area contributed by atoms with E-state index in [1.165, 1.54) is 28.7 Å². The fraction of sp³-hybridized carbons (Fsp3) is 0.111. The minimum atomic E-state index is 0.511. The van der Waals surface area contributed by atoms with Crippen molar-refractivity contribution in [1.82, 2.24) is 20.4 Å². The van der Waals surface area contributed by atoms with Crippen LogP contribution in [0.4, 0.5) is 10.8 Å². The Hall–Kier alpha value is -2.23. The van der Waals surface area contributed by atoms with Gasteiger partial charge in [0.1, 0.15) is 0 Å². The van der Waals surface area contributed by atoms with Crippen molar-refractivity contribution in [2.75, 3.05) is 5.32 Å². The van der Waals surface area contributed by atoms with Crippen molar-refractivity contribution >= 4 is 49.8 Å². The Morgan fingerprint density at radius 2 is 1.78 bits per heavy atom. The van der Waals surface area contributed by atoms with E-state index in [-0.39, 0.29) is 0 Å². The molecule has 0 amide bonds. The lowest BCUT2D eigenvalue weighted by atomic mass is 10.2. The van der Waals surface area contributed by atoms with Crippen LogP contribution >= 0.6 is 39.0 Å². The molecular formula is C18H14BrN5OS2. The summed E-state index contributed by atoms with van der Waals surface area (Å²) in [4.78, 5) is 0. The number of hydrogen-bond donors (Lipinski definition) is 1. The molecule has 0 atom stereocenters. The number of nitrogens with zero attached hydrogens (tertiary/aromatic N) is 4. The van der Waals surface area contributed by atoms with Gasteiger partial charge in [-0.25, -0.2) is 0 Å². The molecule has 2 aromatic carbocycles. The summed E-state index contributed by atoms with van der Waals surface area (Å²) in [5.41, 5.74) is 3.10. The first-order valence-electron chi connectivity index (χ1n) is 8.04. The number of benzene rings is 2. The molecule has 9 heteroatoms. The molecule has 0 radical (unpaired) electrons. The van der Waals surface area contributed by atoms with Crippen LogP contribution < -0.4 is 5.32 Å². The van der Waals surface area contributed by atoms with Crippen LogP contribution in [-0.4, -0.2) is 20.4 Å². The van der Waals surface area contributed by atoms with Gasteiger partial charge >= 0.3 is 0 Å². The lowest BCUT2D eigenvalue weighted by Gasteiger charge is -2.01. The number of aromatic nitrogens is 4. The van der Waals surface area contributed by atoms with Gasteiger partial charge in [0, 0.05) is 15.7 Å². The van der Waals surface area contributed by atoms with Crippen LogP contribution in [0.2, 0.25) is 0 Å². The normalized spacial score (nSPS) is 10.9. The smallest absolute Gasteiger partial charge is 0.247 e. The summed E-state index contributed by atoms with van der Waals surface area (Å²) in [5, 5.41) is 20.6. The van der Waals surface area contributed by atoms with E-state index in [4.69, 9.17) is 4.42 Å². The van der Waals surface area contributed by atoms with Crippen LogP contribution in [0.3, 0.4) is 0 Å². The molecule has 0 unspecified atom stereocenters. The van der Waals surface area contributed by atoms with Crippen molar-refractivity contribution < 1.29 is 4.42 Å². The summed E-state index contributed by atoms with van der Waals surface area (Å²) in [7, 11) is 0. The quantitative estimate of drug-likeness (QED) is 0.370. The van der Waals surface area contributed by atoms with Gasteiger partial charge in [-0.3, -0.25) is 0 Å². The molecule has 27 heavy (non-hydrogen) atoms.